The summed E-state index contributed by atoms with van der Waals surface area (Å²) in [5, 5.41) is 35.2. The maximum absolute atomic E-state index is 13.0. The highest BCUT2D eigenvalue weighted by Gasteiger charge is 2.33. The molecular formula is C41H66N5O10P. The zero-order chi connectivity index (χ0) is 41.3. The molecule has 2 aromatic heterocycles. The molecule has 3 rings (SSSR count). The highest BCUT2D eigenvalue weighted by molar-refractivity contribution is 7.47. The lowest BCUT2D eigenvalue weighted by Gasteiger charge is -2.26. The van der Waals surface area contributed by atoms with Crippen molar-refractivity contribution in [1.82, 2.24) is 14.6 Å². The molecule has 3 aromatic rings. The van der Waals surface area contributed by atoms with Gasteiger partial charge in [-0.3, -0.25) is 9.05 Å². The fraction of sp³-hybridized carbons (Fsp3) is 0.683. The van der Waals surface area contributed by atoms with Crippen LogP contribution in [0, 0.1) is 11.3 Å². The highest BCUT2D eigenvalue weighted by atomic mass is 31.2. The van der Waals surface area contributed by atoms with Crippen molar-refractivity contribution >= 4 is 19.2 Å². The molecule has 0 saturated heterocycles. The molecule has 0 aliphatic carbocycles. The molecule has 0 amide bonds. The number of methoxy groups -OCH3 is 2. The number of nitrogens with two attached hydrogens (primary N) is 1. The van der Waals surface area contributed by atoms with Gasteiger partial charge in [-0.2, -0.15) is 10.4 Å². The second-order valence-electron chi connectivity index (χ2n) is 14.4. The van der Waals surface area contributed by atoms with Gasteiger partial charge in [-0.25, -0.2) is 14.1 Å². The third kappa shape index (κ3) is 17.7. The Hall–Kier alpha value is -3.16. The van der Waals surface area contributed by atoms with Crippen molar-refractivity contribution in [2.75, 3.05) is 46.4 Å². The monoisotopic (exact) mass is 819 g/mol. The number of hydrogen-bond donors (Lipinski definition) is 4. The first-order valence-corrected chi connectivity index (χ1v) is 22.0. The van der Waals surface area contributed by atoms with Gasteiger partial charge in [0.15, 0.2) is 5.82 Å². The van der Waals surface area contributed by atoms with E-state index < -0.39 is 38.8 Å². The summed E-state index contributed by atoms with van der Waals surface area (Å²) in [7, 11) is -1.94. The van der Waals surface area contributed by atoms with Crippen LogP contribution in [0.25, 0.3) is 5.52 Å². The molecule has 1 unspecified atom stereocenters. The SMILES string of the molecule is CCCCCCCCCCCCCCCCCCOC[C@@H](COP(=O)(O)OC[C@@H](OC)[C@@H](O)[C@@H](O)c1ccc2c(N)ncnn12)OCc1ccc(C#N)cc1OC. The quantitative estimate of drug-likeness (QED) is 0.0344. The molecular weight excluding hydrogens is 753 g/mol. The Morgan fingerprint density at radius 2 is 1.47 bits per heavy atom. The third-order valence-electron chi connectivity index (χ3n) is 9.98. The van der Waals surface area contributed by atoms with Crippen LogP contribution in [0.1, 0.15) is 133 Å². The van der Waals surface area contributed by atoms with Gasteiger partial charge in [0.2, 0.25) is 0 Å². The van der Waals surface area contributed by atoms with Gasteiger partial charge in [-0.05, 0) is 30.7 Å². The first-order chi connectivity index (χ1) is 27.6. The normalized spacial score (nSPS) is 14.9. The molecule has 2 heterocycles. The van der Waals surface area contributed by atoms with Crippen LogP contribution in [0.2, 0.25) is 0 Å². The second-order valence-corrected chi connectivity index (χ2v) is 15.9. The van der Waals surface area contributed by atoms with E-state index in [1.54, 1.807) is 24.3 Å². The number of anilines is 1. The summed E-state index contributed by atoms with van der Waals surface area (Å²) in [6.45, 7) is 1.95. The minimum atomic E-state index is -4.70. The van der Waals surface area contributed by atoms with E-state index in [0.29, 0.717) is 29.0 Å². The number of nitrogens with zero attached hydrogens (tertiary/aromatic N) is 4. The summed E-state index contributed by atoms with van der Waals surface area (Å²) in [5.74, 6) is 0.654. The van der Waals surface area contributed by atoms with Crippen molar-refractivity contribution in [3.63, 3.8) is 0 Å². The van der Waals surface area contributed by atoms with Gasteiger partial charge in [0.1, 0.15) is 42.0 Å². The van der Waals surface area contributed by atoms with Crippen LogP contribution in [0.5, 0.6) is 5.75 Å². The van der Waals surface area contributed by atoms with E-state index >= 15 is 0 Å². The lowest BCUT2D eigenvalue weighted by Crippen LogP contribution is -2.37. The Morgan fingerprint density at radius 3 is 2.07 bits per heavy atom. The third-order valence-corrected chi connectivity index (χ3v) is 10.9. The molecule has 5 atom stereocenters. The molecule has 0 saturated carbocycles. The van der Waals surface area contributed by atoms with Crippen LogP contribution in [0.15, 0.2) is 36.7 Å². The molecule has 0 aliphatic rings. The van der Waals surface area contributed by atoms with Crippen LogP contribution < -0.4 is 10.5 Å². The van der Waals surface area contributed by atoms with E-state index in [1.807, 2.05) is 0 Å². The van der Waals surface area contributed by atoms with Crippen LogP contribution in [-0.2, 0) is 34.4 Å². The molecule has 0 spiro atoms. The molecule has 57 heavy (non-hydrogen) atoms. The number of aliphatic hydroxyl groups excluding tert-OH is 2. The lowest BCUT2D eigenvalue weighted by atomic mass is 10.0. The summed E-state index contributed by atoms with van der Waals surface area (Å²) in [6.07, 6.45) is 16.6. The minimum absolute atomic E-state index is 0.0583. The highest BCUT2D eigenvalue weighted by Crippen LogP contribution is 2.44. The molecule has 320 valence electrons. The fourth-order valence-electron chi connectivity index (χ4n) is 6.52. The largest absolute Gasteiger partial charge is 0.496 e. The number of fused-ring (bicyclic) bond motifs is 1. The van der Waals surface area contributed by atoms with Gasteiger partial charge in [0.05, 0.1) is 50.9 Å². The Morgan fingerprint density at radius 1 is 0.860 bits per heavy atom. The van der Waals surface area contributed by atoms with E-state index in [-0.39, 0.29) is 31.3 Å². The molecule has 0 aliphatic heterocycles. The molecule has 15 nitrogen and oxygen atoms in total. The zero-order valence-electron chi connectivity index (χ0n) is 34.1. The first kappa shape index (κ1) is 48.2. The minimum Gasteiger partial charge on any atom is -0.496 e. The van der Waals surface area contributed by atoms with Crippen LogP contribution in [0.3, 0.4) is 0 Å². The number of phosphoric ester groups is 1. The molecule has 5 N–H and O–H groups in total. The predicted molar refractivity (Wildman–Crippen MR) is 218 cm³/mol. The number of ether oxygens (including phenoxy) is 4. The standard InChI is InChI=1S/C41H66N5O10P/c1-4-5-6-7-8-9-10-11-12-13-14-15-16-17-18-19-24-53-28-34(54-27-33-21-20-32(26-42)25-37(33)51-2)29-55-57(49,50)56-30-38(52-3)40(48)39(47)35-22-23-36-41(43)44-31-45-46(35)36/h20-23,25,31,34,38-40,47-48H,4-19,24,27-30H2,1-3H3,(H,49,50)(H2,43,44,45)/t34-,38+,39-,40+/m0/s1. The average Bonchev–Trinajstić information content (AvgIpc) is 3.66. The zero-order valence-corrected chi connectivity index (χ0v) is 35.0. The summed E-state index contributed by atoms with van der Waals surface area (Å²) in [6, 6.07) is 10.2. The Labute approximate surface area is 338 Å². The fourth-order valence-corrected chi connectivity index (χ4v) is 7.28. The maximum atomic E-state index is 13.0. The van der Waals surface area contributed by atoms with Gasteiger partial charge < -0.3 is 39.8 Å². The van der Waals surface area contributed by atoms with Crippen molar-refractivity contribution in [1.29, 1.82) is 5.26 Å². The number of hydrogen-bond acceptors (Lipinski definition) is 13. The second kappa shape index (κ2) is 27.5. The number of aliphatic hydroxyl groups is 2. The Balaban J connectivity index is 1.42. The number of phosphoric acid groups is 1. The summed E-state index contributed by atoms with van der Waals surface area (Å²) >= 11 is 0. The Kier molecular flexibility index (Phi) is 23.3. The van der Waals surface area contributed by atoms with Crippen LogP contribution in [0.4, 0.5) is 5.82 Å². The lowest BCUT2D eigenvalue weighted by molar-refractivity contribution is -0.0963. The number of nitrogen functional groups attached to an aromatic ring is 1. The van der Waals surface area contributed by atoms with Gasteiger partial charge in [0, 0.05) is 19.3 Å². The number of aromatic nitrogens is 3. The van der Waals surface area contributed by atoms with Crippen LogP contribution in [-0.4, -0.2) is 88.7 Å². The summed E-state index contributed by atoms with van der Waals surface area (Å²) in [5.41, 5.74) is 7.61. The van der Waals surface area contributed by atoms with E-state index in [4.69, 9.17) is 33.7 Å². The van der Waals surface area contributed by atoms with Crippen molar-refractivity contribution < 1.29 is 47.7 Å². The van der Waals surface area contributed by atoms with E-state index in [0.717, 1.165) is 19.3 Å². The summed E-state index contributed by atoms with van der Waals surface area (Å²) in [4.78, 5) is 14.5. The van der Waals surface area contributed by atoms with E-state index in [1.165, 1.54) is 115 Å². The average molecular weight is 820 g/mol. The number of nitriles is 1. The van der Waals surface area contributed by atoms with Gasteiger partial charge in [0.25, 0.3) is 0 Å². The van der Waals surface area contributed by atoms with Crippen LogP contribution >= 0.6 is 7.82 Å². The maximum Gasteiger partial charge on any atom is 0.472 e. The first-order valence-electron chi connectivity index (χ1n) is 20.5. The summed E-state index contributed by atoms with van der Waals surface area (Å²) < 4.78 is 47.5. The van der Waals surface area contributed by atoms with E-state index in [9.17, 15) is 24.9 Å². The molecule has 0 fully saturated rings. The van der Waals surface area contributed by atoms with Crippen molar-refractivity contribution in [2.45, 2.75) is 141 Å². The van der Waals surface area contributed by atoms with Gasteiger partial charge in [-0.15, -0.1) is 0 Å². The van der Waals surface area contributed by atoms with Gasteiger partial charge >= 0.3 is 7.82 Å². The number of benzene rings is 1. The molecule has 0 bridgehead atoms. The van der Waals surface area contributed by atoms with Crippen molar-refractivity contribution in [2.24, 2.45) is 0 Å². The van der Waals surface area contributed by atoms with Crippen molar-refractivity contribution in [3.05, 3.63) is 53.5 Å². The molecule has 16 heteroatoms. The van der Waals surface area contributed by atoms with Gasteiger partial charge in [-0.1, -0.05) is 109 Å². The molecule has 1 aromatic carbocycles. The number of unbranched alkanes of at least 4 members (excludes halogenated alkanes) is 15. The topological polar surface area (TPSA) is 213 Å². The smallest absolute Gasteiger partial charge is 0.472 e. The number of rotatable bonds is 33. The molecule has 0 radical (unpaired) electrons. The van der Waals surface area contributed by atoms with Crippen molar-refractivity contribution in [3.8, 4) is 11.8 Å². The Bertz CT molecular complexity index is 1640. The van der Waals surface area contributed by atoms with E-state index in [2.05, 4.69) is 23.1 Å². The predicted octanol–water partition coefficient (Wildman–Crippen LogP) is 7.60.